The number of halogens is 1. The molecule has 0 aromatic heterocycles. The molecular weight excluding hydrogens is 764 g/mol. The number of unbranched alkanes of at least 4 members (excludes halogenated alkanes) is 3. The molecule has 0 amide bonds. The Hall–Kier alpha value is -4.56. The minimum atomic E-state index is -0.625. The summed E-state index contributed by atoms with van der Waals surface area (Å²) in [6.45, 7) is 19.1. The van der Waals surface area contributed by atoms with E-state index in [4.69, 9.17) is 14.2 Å². The van der Waals surface area contributed by atoms with Gasteiger partial charge in [-0.05, 0) is 140 Å². The number of hydrogen-bond acceptors (Lipinski definition) is 6. The highest BCUT2D eigenvalue weighted by Crippen LogP contribution is 2.38. The first-order valence-corrected chi connectivity index (χ1v) is 22.6. The maximum atomic E-state index is 16.0. The van der Waals surface area contributed by atoms with Gasteiger partial charge in [0, 0.05) is 23.2 Å². The minimum Gasteiger partial charge on any atom is -0.493 e. The van der Waals surface area contributed by atoms with Gasteiger partial charge < -0.3 is 24.4 Å². The fourth-order valence-electron chi connectivity index (χ4n) is 7.75. The van der Waals surface area contributed by atoms with Crippen molar-refractivity contribution in [2.24, 2.45) is 5.41 Å². The quantitative estimate of drug-likeness (QED) is 0.0257. The van der Waals surface area contributed by atoms with Crippen molar-refractivity contribution in [3.8, 4) is 39.1 Å². The van der Waals surface area contributed by atoms with E-state index >= 15 is 4.39 Å². The molecule has 330 valence electrons. The lowest BCUT2D eigenvalue weighted by atomic mass is 9.81. The van der Waals surface area contributed by atoms with E-state index in [-0.39, 0.29) is 25.6 Å². The smallest absolute Gasteiger partial charge is 0.333 e. The van der Waals surface area contributed by atoms with Crippen molar-refractivity contribution in [2.75, 3.05) is 39.6 Å². The van der Waals surface area contributed by atoms with Crippen LogP contribution in [0.25, 0.3) is 33.4 Å². The van der Waals surface area contributed by atoms with Crippen LogP contribution in [0.1, 0.15) is 115 Å². The molecule has 0 aliphatic rings. The predicted octanol–water partition coefficient (Wildman–Crippen LogP) is 12.6. The van der Waals surface area contributed by atoms with E-state index in [1.807, 2.05) is 25.1 Å². The van der Waals surface area contributed by atoms with Crippen LogP contribution in [0.5, 0.6) is 5.75 Å². The largest absolute Gasteiger partial charge is 0.493 e. The summed E-state index contributed by atoms with van der Waals surface area (Å²) in [7, 11) is 0. The lowest BCUT2D eigenvalue weighted by Crippen LogP contribution is -2.32. The Morgan fingerprint density at radius 3 is 1.89 bits per heavy atom. The van der Waals surface area contributed by atoms with E-state index in [0.29, 0.717) is 63.1 Å². The summed E-state index contributed by atoms with van der Waals surface area (Å²) < 4.78 is 34.0. The third-order valence-corrected chi connectivity index (χ3v) is 11.5. The highest BCUT2D eigenvalue weighted by molar-refractivity contribution is 5.86. The van der Waals surface area contributed by atoms with E-state index in [1.54, 1.807) is 13.0 Å². The molecule has 0 unspecified atom stereocenters. The molecule has 0 fully saturated rings. The molecule has 4 rings (SSSR count). The van der Waals surface area contributed by atoms with Crippen LogP contribution >= 0.6 is 0 Å². The maximum absolute atomic E-state index is 16.0. The zero-order chi connectivity index (χ0) is 44.2. The van der Waals surface area contributed by atoms with E-state index in [2.05, 4.69) is 82.5 Å². The molecule has 4 aromatic rings. The number of esters is 1. The van der Waals surface area contributed by atoms with Crippen molar-refractivity contribution in [1.82, 2.24) is 0 Å². The van der Waals surface area contributed by atoms with Crippen LogP contribution < -0.4 is 4.74 Å². The van der Waals surface area contributed by atoms with Crippen molar-refractivity contribution in [1.29, 1.82) is 0 Å². The highest BCUT2D eigenvalue weighted by Gasteiger charge is 2.28. The van der Waals surface area contributed by atoms with Crippen LogP contribution in [0.15, 0.2) is 97.1 Å². The SMILES string of the molecule is C=C(C)COCCCc1cc(-c2ccc(-c3ccc(-c4ccc(CCCCC)cc4)cc3F)cc2CC)cc(CCCOC(=O)C(=C)C)c1OCCC(CO)(CO)CCCC. The van der Waals surface area contributed by atoms with Crippen LogP contribution in [0.3, 0.4) is 0 Å². The second kappa shape index (κ2) is 25.4. The van der Waals surface area contributed by atoms with Crippen LogP contribution in [-0.4, -0.2) is 55.8 Å². The average molecular weight is 835 g/mol. The predicted molar refractivity (Wildman–Crippen MR) is 250 cm³/mol. The molecule has 61 heavy (non-hydrogen) atoms. The molecule has 0 bridgehead atoms. The molecule has 0 saturated heterocycles. The monoisotopic (exact) mass is 835 g/mol. The summed E-state index contributed by atoms with van der Waals surface area (Å²) in [5.74, 6) is 0.105. The van der Waals surface area contributed by atoms with Crippen LogP contribution in [-0.2, 0) is 40.0 Å². The van der Waals surface area contributed by atoms with Crippen LogP contribution in [0.4, 0.5) is 4.39 Å². The molecule has 7 heteroatoms. The molecule has 4 aromatic carbocycles. The lowest BCUT2D eigenvalue weighted by Gasteiger charge is -2.30. The summed E-state index contributed by atoms with van der Waals surface area (Å²) in [5.41, 5.74) is 10.4. The number of benzene rings is 4. The Morgan fingerprint density at radius 2 is 1.28 bits per heavy atom. The molecule has 0 aliphatic heterocycles. The Labute approximate surface area is 365 Å². The van der Waals surface area contributed by atoms with Gasteiger partial charge in [0.2, 0.25) is 0 Å². The topological polar surface area (TPSA) is 85.2 Å². The number of aliphatic hydroxyl groups is 2. The van der Waals surface area contributed by atoms with Crippen molar-refractivity contribution in [3.63, 3.8) is 0 Å². The van der Waals surface area contributed by atoms with Crippen molar-refractivity contribution in [3.05, 3.63) is 125 Å². The fourth-order valence-corrected chi connectivity index (χ4v) is 7.75. The second-order valence-electron chi connectivity index (χ2n) is 16.8. The molecule has 2 N–H and O–H groups in total. The van der Waals surface area contributed by atoms with E-state index < -0.39 is 11.4 Å². The Bertz CT molecular complexity index is 2010. The number of rotatable bonds is 28. The number of carbonyl (C=O) groups excluding carboxylic acids is 1. The Balaban J connectivity index is 1.70. The van der Waals surface area contributed by atoms with Gasteiger partial charge in [-0.25, -0.2) is 9.18 Å². The molecule has 0 saturated carbocycles. The fraction of sp³-hybridized carbons (Fsp3) is 0.463. The zero-order valence-electron chi connectivity index (χ0n) is 37.7. The van der Waals surface area contributed by atoms with E-state index in [9.17, 15) is 15.0 Å². The van der Waals surface area contributed by atoms with Gasteiger partial charge in [0.25, 0.3) is 0 Å². The molecule has 0 heterocycles. The van der Waals surface area contributed by atoms with Gasteiger partial charge in [-0.15, -0.1) is 0 Å². The zero-order valence-corrected chi connectivity index (χ0v) is 37.7. The van der Waals surface area contributed by atoms with Crippen molar-refractivity contribution < 1.29 is 33.6 Å². The standard InChI is InChI=1S/C54H71FO6/c1-8-11-13-16-41-19-21-43(22-20-41)44-23-26-50(51(55)35-44)45-24-25-49(42(10-3)32-45)48-33-46(17-14-29-59-36-39(4)5)52(47(34-48)18-15-30-61-53(58)40(6)7)60-31-28-54(37-56,38-57)27-12-9-2/h19-26,32-35,56-57H,4,6,8-18,27-31,36-38H2,1-3,5,7H3. The molecule has 6 nitrogen and oxygen atoms in total. The third-order valence-electron chi connectivity index (χ3n) is 11.5. The van der Waals surface area contributed by atoms with Gasteiger partial charge in [-0.2, -0.15) is 0 Å². The second-order valence-corrected chi connectivity index (χ2v) is 16.8. The number of carbonyl (C=O) groups is 1. The summed E-state index contributed by atoms with van der Waals surface area (Å²) >= 11 is 0. The van der Waals surface area contributed by atoms with Crippen LogP contribution in [0.2, 0.25) is 0 Å². The van der Waals surface area contributed by atoms with Gasteiger partial charge in [-0.3, -0.25) is 0 Å². The summed E-state index contributed by atoms with van der Waals surface area (Å²) in [6, 6.07) is 24.6. The third kappa shape index (κ3) is 14.8. The van der Waals surface area contributed by atoms with Gasteiger partial charge >= 0.3 is 5.97 Å². The van der Waals surface area contributed by atoms with Crippen LogP contribution in [0, 0.1) is 11.2 Å². The minimum absolute atomic E-state index is 0.115. The average Bonchev–Trinajstić information content (AvgIpc) is 3.26. The lowest BCUT2D eigenvalue weighted by molar-refractivity contribution is -0.139. The van der Waals surface area contributed by atoms with Gasteiger partial charge in [0.15, 0.2) is 0 Å². The van der Waals surface area contributed by atoms with Gasteiger partial charge in [0.1, 0.15) is 11.6 Å². The Kier molecular flexibility index (Phi) is 20.4. The van der Waals surface area contributed by atoms with Gasteiger partial charge in [0.05, 0.1) is 33.0 Å². The molecule has 0 atom stereocenters. The highest BCUT2D eigenvalue weighted by atomic mass is 19.1. The normalized spacial score (nSPS) is 11.5. The molecule has 0 aliphatic carbocycles. The molecular formula is C54H71FO6. The van der Waals surface area contributed by atoms with Crippen molar-refractivity contribution >= 4 is 5.97 Å². The first-order valence-electron chi connectivity index (χ1n) is 22.6. The Morgan fingerprint density at radius 1 is 0.656 bits per heavy atom. The number of ether oxygens (including phenoxy) is 3. The molecule has 0 spiro atoms. The van der Waals surface area contributed by atoms with E-state index in [1.165, 1.54) is 24.8 Å². The first-order chi connectivity index (χ1) is 29.5. The maximum Gasteiger partial charge on any atom is 0.333 e. The number of hydrogen-bond donors (Lipinski definition) is 2. The molecule has 0 radical (unpaired) electrons. The van der Waals surface area contributed by atoms with Gasteiger partial charge in [-0.1, -0.05) is 120 Å². The van der Waals surface area contributed by atoms with E-state index in [0.717, 1.165) is 87.9 Å². The summed E-state index contributed by atoms with van der Waals surface area (Å²) in [4.78, 5) is 12.2. The summed E-state index contributed by atoms with van der Waals surface area (Å²) in [5, 5.41) is 20.7. The number of aliphatic hydroxyl groups excluding tert-OH is 2. The number of aryl methyl sites for hydroxylation is 4. The summed E-state index contributed by atoms with van der Waals surface area (Å²) in [6.07, 6.45) is 11.1. The van der Waals surface area contributed by atoms with Crippen molar-refractivity contribution in [2.45, 2.75) is 118 Å². The first kappa shape index (κ1) is 49.1.